The van der Waals surface area contributed by atoms with Crippen LogP contribution < -0.4 is 10.2 Å². The lowest BCUT2D eigenvalue weighted by molar-refractivity contribution is -0.128. The van der Waals surface area contributed by atoms with Gasteiger partial charge < -0.3 is 15.1 Å². The van der Waals surface area contributed by atoms with Gasteiger partial charge in [0.1, 0.15) is 0 Å². The molecule has 150 valence electrons. The average molecular weight is 392 g/mol. The van der Waals surface area contributed by atoms with E-state index in [1.54, 1.807) is 22.2 Å². The summed E-state index contributed by atoms with van der Waals surface area (Å²) >= 11 is 0. The maximum atomic E-state index is 12.7. The van der Waals surface area contributed by atoms with E-state index >= 15 is 0 Å². The second-order valence-corrected chi connectivity index (χ2v) is 7.67. The first kappa shape index (κ1) is 19.1. The van der Waals surface area contributed by atoms with Crippen LogP contribution in [0.3, 0.4) is 0 Å². The lowest BCUT2D eigenvalue weighted by Gasteiger charge is -2.19. The van der Waals surface area contributed by atoms with Crippen molar-refractivity contribution in [2.45, 2.75) is 32.7 Å². The highest BCUT2D eigenvalue weighted by Gasteiger charge is 2.34. The summed E-state index contributed by atoms with van der Waals surface area (Å²) < 4.78 is 0. The molecule has 1 aromatic heterocycles. The van der Waals surface area contributed by atoms with E-state index in [2.05, 4.69) is 10.3 Å². The SMILES string of the molecule is Cc1cc(NC(=O)C2CC(=O)N(Cc3ccncc3)C2)ccc1N1CCCC1=O. The highest BCUT2D eigenvalue weighted by molar-refractivity contribution is 5.99. The normalized spacial score (nSPS) is 19.1. The van der Waals surface area contributed by atoms with Gasteiger partial charge in [-0.1, -0.05) is 0 Å². The number of aryl methyl sites for hydroxylation is 1. The molecule has 4 rings (SSSR count). The zero-order valence-corrected chi connectivity index (χ0v) is 16.4. The molecule has 0 bridgehead atoms. The third-order valence-electron chi connectivity index (χ3n) is 5.54. The van der Waals surface area contributed by atoms with Crippen LogP contribution in [0.1, 0.15) is 30.4 Å². The molecule has 2 saturated heterocycles. The molecule has 1 atom stereocenters. The standard InChI is InChI=1S/C22H24N4O3/c1-15-11-18(4-5-19(15)26-10-2-3-20(26)27)24-22(29)17-12-21(28)25(14-17)13-16-6-8-23-9-7-16/h4-9,11,17H,2-3,10,12-14H2,1H3,(H,24,29). The molecule has 29 heavy (non-hydrogen) atoms. The monoisotopic (exact) mass is 392 g/mol. The molecule has 0 saturated carbocycles. The van der Waals surface area contributed by atoms with Gasteiger partial charge in [-0.05, 0) is 54.8 Å². The molecular formula is C22H24N4O3. The first-order valence-corrected chi connectivity index (χ1v) is 9.90. The van der Waals surface area contributed by atoms with Crippen molar-refractivity contribution < 1.29 is 14.4 Å². The minimum absolute atomic E-state index is 0.0129. The summed E-state index contributed by atoms with van der Waals surface area (Å²) in [7, 11) is 0. The second-order valence-electron chi connectivity index (χ2n) is 7.67. The number of carbonyl (C=O) groups excluding carboxylic acids is 3. The predicted molar refractivity (Wildman–Crippen MR) is 109 cm³/mol. The number of nitrogens with one attached hydrogen (secondary N) is 1. The molecule has 0 spiro atoms. The highest BCUT2D eigenvalue weighted by Crippen LogP contribution is 2.28. The van der Waals surface area contributed by atoms with Gasteiger partial charge in [-0.2, -0.15) is 0 Å². The van der Waals surface area contributed by atoms with Crippen LogP contribution in [0.4, 0.5) is 11.4 Å². The molecule has 1 unspecified atom stereocenters. The number of anilines is 2. The minimum Gasteiger partial charge on any atom is -0.338 e. The van der Waals surface area contributed by atoms with Gasteiger partial charge >= 0.3 is 0 Å². The van der Waals surface area contributed by atoms with E-state index < -0.39 is 0 Å². The summed E-state index contributed by atoms with van der Waals surface area (Å²) in [5.41, 5.74) is 3.52. The summed E-state index contributed by atoms with van der Waals surface area (Å²) in [6.45, 7) is 3.57. The zero-order valence-electron chi connectivity index (χ0n) is 16.4. The van der Waals surface area contributed by atoms with Crippen molar-refractivity contribution in [3.63, 3.8) is 0 Å². The number of hydrogen-bond acceptors (Lipinski definition) is 4. The summed E-state index contributed by atoms with van der Waals surface area (Å²) in [4.78, 5) is 44.5. The number of rotatable bonds is 5. The van der Waals surface area contributed by atoms with Gasteiger partial charge in [0.05, 0.1) is 5.92 Å². The molecule has 2 aliphatic heterocycles. The molecule has 1 N–H and O–H groups in total. The number of carbonyl (C=O) groups is 3. The van der Waals surface area contributed by atoms with E-state index in [4.69, 9.17) is 0 Å². The number of nitrogens with zero attached hydrogens (tertiary/aromatic N) is 3. The summed E-state index contributed by atoms with van der Waals surface area (Å²) in [6, 6.07) is 9.32. The first-order chi connectivity index (χ1) is 14.0. The topological polar surface area (TPSA) is 82.6 Å². The Morgan fingerprint density at radius 3 is 2.66 bits per heavy atom. The zero-order chi connectivity index (χ0) is 20.4. The number of amides is 3. The molecule has 3 heterocycles. The molecule has 2 aliphatic rings. The van der Waals surface area contributed by atoms with Crippen molar-refractivity contribution in [1.29, 1.82) is 0 Å². The minimum atomic E-state index is -0.371. The maximum absolute atomic E-state index is 12.7. The number of aromatic nitrogens is 1. The van der Waals surface area contributed by atoms with Gasteiger partial charge in [0.25, 0.3) is 0 Å². The molecule has 7 nitrogen and oxygen atoms in total. The molecule has 7 heteroatoms. The van der Waals surface area contributed by atoms with Crippen molar-refractivity contribution in [1.82, 2.24) is 9.88 Å². The first-order valence-electron chi connectivity index (χ1n) is 9.90. The third-order valence-corrected chi connectivity index (χ3v) is 5.54. The predicted octanol–water partition coefficient (Wildman–Crippen LogP) is 2.50. The fraction of sp³-hybridized carbons (Fsp3) is 0.364. The van der Waals surface area contributed by atoms with Crippen LogP contribution in [0.25, 0.3) is 0 Å². The van der Waals surface area contributed by atoms with Crippen LogP contribution in [0.15, 0.2) is 42.7 Å². The Balaban J connectivity index is 1.38. The highest BCUT2D eigenvalue weighted by atomic mass is 16.2. The van der Waals surface area contributed by atoms with Crippen LogP contribution in [0.2, 0.25) is 0 Å². The van der Waals surface area contributed by atoms with Gasteiger partial charge in [-0.15, -0.1) is 0 Å². The third kappa shape index (κ3) is 4.13. The average Bonchev–Trinajstić information content (AvgIpc) is 3.29. The quantitative estimate of drug-likeness (QED) is 0.848. The lowest BCUT2D eigenvalue weighted by Crippen LogP contribution is -2.28. The van der Waals surface area contributed by atoms with E-state index in [-0.39, 0.29) is 30.1 Å². The van der Waals surface area contributed by atoms with Crippen molar-refractivity contribution >= 4 is 29.1 Å². The van der Waals surface area contributed by atoms with Crippen LogP contribution >= 0.6 is 0 Å². The van der Waals surface area contributed by atoms with Gasteiger partial charge in [-0.3, -0.25) is 19.4 Å². The van der Waals surface area contributed by atoms with Crippen LogP contribution in [-0.4, -0.2) is 40.7 Å². The fourth-order valence-electron chi connectivity index (χ4n) is 3.99. The number of benzene rings is 1. The maximum Gasteiger partial charge on any atom is 0.229 e. The molecular weight excluding hydrogens is 368 g/mol. The summed E-state index contributed by atoms with van der Waals surface area (Å²) in [5.74, 6) is -0.394. The van der Waals surface area contributed by atoms with Crippen LogP contribution in [-0.2, 0) is 20.9 Å². The molecule has 0 radical (unpaired) electrons. The molecule has 2 fully saturated rings. The number of likely N-dealkylation sites (tertiary alicyclic amines) is 1. The summed E-state index contributed by atoms with van der Waals surface area (Å²) in [6.07, 6.45) is 5.08. The Morgan fingerprint density at radius 2 is 1.97 bits per heavy atom. The van der Waals surface area contributed by atoms with E-state index in [1.807, 2.05) is 37.3 Å². The Kier molecular flexibility index (Phi) is 5.29. The van der Waals surface area contributed by atoms with Gasteiger partial charge in [0.15, 0.2) is 0 Å². The second kappa shape index (κ2) is 8.03. The van der Waals surface area contributed by atoms with E-state index in [0.717, 1.165) is 29.8 Å². The Bertz CT molecular complexity index is 944. The van der Waals surface area contributed by atoms with Crippen molar-refractivity contribution in [3.8, 4) is 0 Å². The van der Waals surface area contributed by atoms with Gasteiger partial charge in [-0.25, -0.2) is 0 Å². The van der Waals surface area contributed by atoms with E-state index in [1.165, 1.54) is 0 Å². The van der Waals surface area contributed by atoms with Crippen LogP contribution in [0.5, 0.6) is 0 Å². The lowest BCUT2D eigenvalue weighted by atomic mass is 10.1. The van der Waals surface area contributed by atoms with Crippen molar-refractivity contribution in [2.24, 2.45) is 5.92 Å². The van der Waals surface area contributed by atoms with Crippen LogP contribution in [0, 0.1) is 12.8 Å². The molecule has 0 aliphatic carbocycles. The Hall–Kier alpha value is -3.22. The molecule has 1 aromatic carbocycles. The fourth-order valence-corrected chi connectivity index (χ4v) is 3.99. The number of pyridine rings is 1. The van der Waals surface area contributed by atoms with E-state index in [0.29, 0.717) is 25.2 Å². The summed E-state index contributed by atoms with van der Waals surface area (Å²) in [5, 5.41) is 2.93. The van der Waals surface area contributed by atoms with Crippen molar-refractivity contribution in [3.05, 3.63) is 53.9 Å². The Labute approximate surface area is 169 Å². The molecule has 3 amide bonds. The van der Waals surface area contributed by atoms with Crippen molar-refractivity contribution in [2.75, 3.05) is 23.3 Å². The largest absolute Gasteiger partial charge is 0.338 e. The van der Waals surface area contributed by atoms with E-state index in [9.17, 15) is 14.4 Å². The van der Waals surface area contributed by atoms with Gasteiger partial charge in [0, 0.05) is 56.2 Å². The molecule has 2 aromatic rings. The smallest absolute Gasteiger partial charge is 0.229 e. The number of hydrogen-bond donors (Lipinski definition) is 1. The Morgan fingerprint density at radius 1 is 1.17 bits per heavy atom. The van der Waals surface area contributed by atoms with Gasteiger partial charge in [0.2, 0.25) is 17.7 Å².